The zero-order valence-electron chi connectivity index (χ0n) is 14.1. The van der Waals surface area contributed by atoms with E-state index in [0.29, 0.717) is 17.2 Å². The van der Waals surface area contributed by atoms with E-state index < -0.39 is 0 Å². The Bertz CT molecular complexity index is 948. The molecule has 1 amide bonds. The molecule has 2 aromatic carbocycles. The first-order valence-electron chi connectivity index (χ1n) is 7.99. The lowest BCUT2D eigenvalue weighted by atomic mass is 10.1. The smallest absolute Gasteiger partial charge is 0.272 e. The number of hydrogen-bond donors (Lipinski definition) is 2. The zero-order valence-corrected chi connectivity index (χ0v) is 14.1. The summed E-state index contributed by atoms with van der Waals surface area (Å²) >= 11 is 0. The highest BCUT2D eigenvalue weighted by Gasteiger charge is 2.16. The fourth-order valence-corrected chi connectivity index (χ4v) is 2.75. The summed E-state index contributed by atoms with van der Waals surface area (Å²) in [7, 11) is 1.62. The second kappa shape index (κ2) is 7.17. The molecule has 3 rings (SSSR count). The third kappa shape index (κ3) is 3.68. The van der Waals surface area contributed by atoms with Gasteiger partial charge in [0.2, 0.25) is 0 Å². The van der Waals surface area contributed by atoms with Crippen molar-refractivity contribution in [1.82, 2.24) is 15.5 Å². The van der Waals surface area contributed by atoms with Gasteiger partial charge in [-0.3, -0.25) is 9.59 Å². The van der Waals surface area contributed by atoms with Gasteiger partial charge in [-0.15, -0.1) is 0 Å². The first-order valence-corrected chi connectivity index (χ1v) is 7.99. The third-order valence-corrected chi connectivity index (χ3v) is 3.99. The molecule has 0 saturated carbocycles. The van der Waals surface area contributed by atoms with Gasteiger partial charge in [0, 0.05) is 11.4 Å². The van der Waals surface area contributed by atoms with Crippen molar-refractivity contribution in [2.24, 2.45) is 0 Å². The van der Waals surface area contributed by atoms with Crippen LogP contribution in [0, 0.1) is 0 Å². The number of hydrogen-bond acceptors (Lipinski definition) is 4. The number of methoxy groups -OCH3 is 1. The van der Waals surface area contributed by atoms with Crippen LogP contribution in [0.4, 0.5) is 0 Å². The summed E-state index contributed by atoms with van der Waals surface area (Å²) in [4.78, 5) is 24.4. The summed E-state index contributed by atoms with van der Waals surface area (Å²) in [5, 5.41) is 10.2. The van der Waals surface area contributed by atoms with Crippen molar-refractivity contribution in [2.75, 3.05) is 7.11 Å². The van der Waals surface area contributed by atoms with Gasteiger partial charge in [0.1, 0.15) is 5.75 Å². The highest BCUT2D eigenvalue weighted by atomic mass is 16.5. The van der Waals surface area contributed by atoms with Gasteiger partial charge in [0.05, 0.1) is 12.5 Å². The number of amides is 1. The van der Waals surface area contributed by atoms with Gasteiger partial charge in [0.15, 0.2) is 5.69 Å². The molecule has 128 valence electrons. The maximum atomic E-state index is 12.6. The SMILES string of the molecule is COc1ccc(CC(C)NC(=O)c2n[nH]c(=O)c3ccccc23)cc1. The Labute approximate surface area is 144 Å². The highest BCUT2D eigenvalue weighted by Crippen LogP contribution is 2.14. The van der Waals surface area contributed by atoms with E-state index in [1.165, 1.54) is 0 Å². The van der Waals surface area contributed by atoms with Crippen molar-refractivity contribution < 1.29 is 9.53 Å². The largest absolute Gasteiger partial charge is 0.497 e. The third-order valence-electron chi connectivity index (χ3n) is 3.99. The van der Waals surface area contributed by atoms with Gasteiger partial charge in [-0.25, -0.2) is 5.10 Å². The molecule has 25 heavy (non-hydrogen) atoms. The van der Waals surface area contributed by atoms with Crippen molar-refractivity contribution >= 4 is 16.7 Å². The molecular weight excluding hydrogens is 318 g/mol. The van der Waals surface area contributed by atoms with Crippen LogP contribution in [0.15, 0.2) is 53.3 Å². The Morgan fingerprint density at radius 2 is 1.84 bits per heavy atom. The van der Waals surface area contributed by atoms with Crippen molar-refractivity contribution in [1.29, 1.82) is 0 Å². The number of nitrogens with zero attached hydrogens (tertiary/aromatic N) is 1. The minimum absolute atomic E-state index is 0.0895. The number of ether oxygens (including phenoxy) is 1. The summed E-state index contributed by atoms with van der Waals surface area (Å²) in [5.41, 5.74) is 1.00. The van der Waals surface area contributed by atoms with Crippen molar-refractivity contribution in [2.45, 2.75) is 19.4 Å². The van der Waals surface area contributed by atoms with Gasteiger partial charge in [-0.05, 0) is 37.1 Å². The predicted molar refractivity (Wildman–Crippen MR) is 96.0 cm³/mol. The molecule has 0 radical (unpaired) electrons. The number of nitrogens with one attached hydrogen (secondary N) is 2. The lowest BCUT2D eigenvalue weighted by molar-refractivity contribution is 0.0936. The molecule has 0 aliphatic rings. The minimum Gasteiger partial charge on any atom is -0.497 e. The second-order valence-corrected chi connectivity index (χ2v) is 5.87. The predicted octanol–water partition coefficient (Wildman–Crippen LogP) is 2.29. The van der Waals surface area contributed by atoms with Crippen LogP contribution in [-0.2, 0) is 6.42 Å². The van der Waals surface area contributed by atoms with Gasteiger partial charge in [-0.2, -0.15) is 5.10 Å². The van der Waals surface area contributed by atoms with E-state index in [1.54, 1.807) is 31.4 Å². The summed E-state index contributed by atoms with van der Waals surface area (Å²) in [6.07, 6.45) is 0.678. The molecule has 0 fully saturated rings. The molecule has 0 bridgehead atoms. The Balaban J connectivity index is 1.75. The fraction of sp³-hybridized carbons (Fsp3) is 0.211. The lowest BCUT2D eigenvalue weighted by Gasteiger charge is -2.14. The number of H-pyrrole nitrogens is 1. The number of aromatic amines is 1. The van der Waals surface area contributed by atoms with Gasteiger partial charge in [0.25, 0.3) is 11.5 Å². The van der Waals surface area contributed by atoms with Gasteiger partial charge in [-0.1, -0.05) is 30.3 Å². The van der Waals surface area contributed by atoms with E-state index in [0.717, 1.165) is 11.3 Å². The molecule has 1 aromatic heterocycles. The van der Waals surface area contributed by atoms with Crippen LogP contribution in [0.2, 0.25) is 0 Å². The molecule has 6 heteroatoms. The van der Waals surface area contributed by atoms with Crippen molar-refractivity contribution in [3.8, 4) is 5.75 Å². The molecular formula is C19H19N3O3. The molecule has 0 saturated heterocycles. The molecule has 1 unspecified atom stereocenters. The Morgan fingerprint density at radius 3 is 2.52 bits per heavy atom. The minimum atomic E-state index is -0.312. The van der Waals surface area contributed by atoms with Crippen molar-refractivity contribution in [3.63, 3.8) is 0 Å². The second-order valence-electron chi connectivity index (χ2n) is 5.87. The number of carbonyl (C=O) groups excluding carboxylic acids is 1. The van der Waals surface area contributed by atoms with E-state index in [9.17, 15) is 9.59 Å². The molecule has 3 aromatic rings. The van der Waals surface area contributed by atoms with E-state index in [2.05, 4.69) is 15.5 Å². The Kier molecular flexibility index (Phi) is 4.79. The first-order chi connectivity index (χ1) is 12.1. The van der Waals surface area contributed by atoms with Crippen LogP contribution in [-0.4, -0.2) is 29.3 Å². The van der Waals surface area contributed by atoms with Gasteiger partial charge < -0.3 is 10.1 Å². The maximum absolute atomic E-state index is 12.6. The normalized spacial score (nSPS) is 11.9. The number of rotatable bonds is 5. The standard InChI is InChI=1S/C19H19N3O3/c1-12(11-13-7-9-14(25-2)10-8-13)20-19(24)17-15-5-3-4-6-16(15)18(23)22-21-17/h3-10,12H,11H2,1-2H3,(H,20,24)(H,22,23). The summed E-state index contributed by atoms with van der Waals surface area (Å²) in [6.45, 7) is 1.93. The van der Waals surface area contributed by atoms with Gasteiger partial charge >= 0.3 is 0 Å². The average Bonchev–Trinajstić information content (AvgIpc) is 2.62. The number of fused-ring (bicyclic) bond motifs is 1. The molecule has 0 aliphatic carbocycles. The molecule has 1 atom stereocenters. The van der Waals surface area contributed by atoms with Crippen LogP contribution >= 0.6 is 0 Å². The van der Waals surface area contributed by atoms with E-state index in [4.69, 9.17) is 4.74 Å². The molecule has 0 aliphatic heterocycles. The van der Waals surface area contributed by atoms with Crippen LogP contribution in [0.1, 0.15) is 23.0 Å². The quantitative estimate of drug-likeness (QED) is 0.748. The van der Waals surface area contributed by atoms with Crippen LogP contribution in [0.5, 0.6) is 5.75 Å². The van der Waals surface area contributed by atoms with E-state index in [1.807, 2.05) is 31.2 Å². The Hall–Kier alpha value is -3.15. The van der Waals surface area contributed by atoms with E-state index >= 15 is 0 Å². The number of carbonyl (C=O) groups is 1. The monoisotopic (exact) mass is 337 g/mol. The lowest BCUT2D eigenvalue weighted by Crippen LogP contribution is -2.35. The summed E-state index contributed by atoms with van der Waals surface area (Å²) in [6, 6.07) is 14.6. The topological polar surface area (TPSA) is 84.1 Å². The maximum Gasteiger partial charge on any atom is 0.272 e. The zero-order chi connectivity index (χ0) is 17.8. The highest BCUT2D eigenvalue weighted by molar-refractivity contribution is 6.04. The number of aromatic nitrogens is 2. The fourth-order valence-electron chi connectivity index (χ4n) is 2.75. The van der Waals surface area contributed by atoms with Crippen LogP contribution in [0.3, 0.4) is 0 Å². The molecule has 6 nitrogen and oxygen atoms in total. The first kappa shape index (κ1) is 16.7. The summed E-state index contributed by atoms with van der Waals surface area (Å²) in [5.74, 6) is 0.484. The molecule has 2 N–H and O–H groups in total. The summed E-state index contributed by atoms with van der Waals surface area (Å²) < 4.78 is 5.14. The van der Waals surface area contributed by atoms with Crippen LogP contribution < -0.4 is 15.6 Å². The Morgan fingerprint density at radius 1 is 1.16 bits per heavy atom. The van der Waals surface area contributed by atoms with E-state index in [-0.39, 0.29) is 23.2 Å². The average molecular weight is 337 g/mol. The van der Waals surface area contributed by atoms with Crippen LogP contribution in [0.25, 0.3) is 10.8 Å². The van der Waals surface area contributed by atoms with Crippen molar-refractivity contribution in [3.05, 3.63) is 70.1 Å². The molecule has 0 spiro atoms. The molecule has 1 heterocycles. The number of benzene rings is 2.